The Morgan fingerprint density at radius 3 is 2.75 bits per heavy atom. The summed E-state index contributed by atoms with van der Waals surface area (Å²) < 4.78 is 5.18. The van der Waals surface area contributed by atoms with E-state index >= 15 is 0 Å². The summed E-state index contributed by atoms with van der Waals surface area (Å²) in [5, 5.41) is 1.10. The van der Waals surface area contributed by atoms with E-state index in [0.29, 0.717) is 0 Å². The monoisotopic (exact) mass is 178 g/mol. The van der Waals surface area contributed by atoms with Gasteiger partial charge < -0.3 is 4.74 Å². The van der Waals surface area contributed by atoms with Gasteiger partial charge in [0.25, 0.3) is 0 Å². The van der Waals surface area contributed by atoms with E-state index in [-0.39, 0.29) is 5.60 Å². The molecule has 0 aromatic rings. The fourth-order valence-electron chi connectivity index (χ4n) is 0.708. The lowest BCUT2D eigenvalue weighted by Gasteiger charge is -1.99. The first-order valence-electron chi connectivity index (χ1n) is 2.97. The summed E-state index contributed by atoms with van der Waals surface area (Å²) in [5.41, 5.74) is 0.272. The Labute approximate surface area is 58.5 Å². The zero-order valence-electron chi connectivity index (χ0n) is 5.11. The maximum Gasteiger partial charge on any atom is 0.0888 e. The van der Waals surface area contributed by atoms with Crippen molar-refractivity contribution in [3.05, 3.63) is 0 Å². The molecule has 1 heterocycles. The molecule has 0 bridgehead atoms. The van der Waals surface area contributed by atoms with Crippen molar-refractivity contribution in [2.75, 3.05) is 11.9 Å². The molecule has 1 atom stereocenters. The Kier molecular flexibility index (Phi) is 1.93. The first-order chi connectivity index (χ1) is 3.77. The van der Waals surface area contributed by atoms with Crippen LogP contribution in [0.5, 0.6) is 0 Å². The Hall–Kier alpha value is 0.440. The molecule has 0 aliphatic carbocycles. The van der Waals surface area contributed by atoms with Crippen LogP contribution in [-0.2, 0) is 4.74 Å². The summed E-state index contributed by atoms with van der Waals surface area (Å²) in [6, 6.07) is 0. The van der Waals surface area contributed by atoms with E-state index in [9.17, 15) is 0 Å². The SMILES string of the molecule is C[C@]1(CCCBr)CO1. The van der Waals surface area contributed by atoms with Crippen LogP contribution in [0.2, 0.25) is 0 Å². The maximum absolute atomic E-state index is 5.18. The van der Waals surface area contributed by atoms with Gasteiger partial charge in [-0.15, -0.1) is 0 Å². The van der Waals surface area contributed by atoms with Crippen molar-refractivity contribution in [1.29, 1.82) is 0 Å². The molecule has 0 N–H and O–H groups in total. The van der Waals surface area contributed by atoms with Gasteiger partial charge in [0.1, 0.15) is 0 Å². The van der Waals surface area contributed by atoms with Crippen molar-refractivity contribution in [2.24, 2.45) is 0 Å². The number of halogens is 1. The maximum atomic E-state index is 5.18. The van der Waals surface area contributed by atoms with Gasteiger partial charge in [-0.1, -0.05) is 15.9 Å². The third-order valence-electron chi connectivity index (χ3n) is 1.48. The molecule has 0 radical (unpaired) electrons. The van der Waals surface area contributed by atoms with Crippen LogP contribution >= 0.6 is 15.9 Å². The van der Waals surface area contributed by atoms with Gasteiger partial charge in [-0.05, 0) is 19.8 Å². The predicted octanol–water partition coefficient (Wildman–Crippen LogP) is 1.95. The van der Waals surface area contributed by atoms with Crippen molar-refractivity contribution < 1.29 is 4.74 Å². The third kappa shape index (κ3) is 1.75. The normalized spacial score (nSPS) is 35.2. The summed E-state index contributed by atoms with van der Waals surface area (Å²) in [6.45, 7) is 3.13. The molecule has 2 heteroatoms. The van der Waals surface area contributed by atoms with Gasteiger partial charge in [-0.3, -0.25) is 0 Å². The van der Waals surface area contributed by atoms with Crippen LogP contribution in [0.25, 0.3) is 0 Å². The summed E-state index contributed by atoms with van der Waals surface area (Å²) in [7, 11) is 0. The molecule has 1 aliphatic rings. The highest BCUT2D eigenvalue weighted by Crippen LogP contribution is 2.30. The van der Waals surface area contributed by atoms with Crippen LogP contribution in [0, 0.1) is 0 Å². The highest BCUT2D eigenvalue weighted by Gasteiger charge is 2.37. The Balaban J connectivity index is 2.01. The zero-order valence-corrected chi connectivity index (χ0v) is 6.70. The van der Waals surface area contributed by atoms with E-state index < -0.39 is 0 Å². The summed E-state index contributed by atoms with van der Waals surface area (Å²) in [6.07, 6.45) is 2.44. The lowest BCUT2D eigenvalue weighted by Crippen LogP contribution is -2.02. The molecule has 0 amide bonds. The molecule has 0 aromatic heterocycles. The molecule has 0 spiro atoms. The Morgan fingerprint density at radius 1 is 1.75 bits per heavy atom. The van der Waals surface area contributed by atoms with Crippen molar-refractivity contribution in [1.82, 2.24) is 0 Å². The van der Waals surface area contributed by atoms with Crippen LogP contribution in [0.15, 0.2) is 0 Å². The highest BCUT2D eigenvalue weighted by atomic mass is 79.9. The largest absolute Gasteiger partial charge is 0.370 e. The number of rotatable bonds is 3. The average molecular weight is 179 g/mol. The van der Waals surface area contributed by atoms with Crippen molar-refractivity contribution in [3.63, 3.8) is 0 Å². The second-order valence-corrected chi connectivity index (χ2v) is 3.32. The predicted molar refractivity (Wildman–Crippen MR) is 37.4 cm³/mol. The molecule has 0 saturated carbocycles. The first kappa shape index (κ1) is 6.56. The van der Waals surface area contributed by atoms with Crippen molar-refractivity contribution in [3.8, 4) is 0 Å². The molecule has 0 unspecified atom stereocenters. The van der Waals surface area contributed by atoms with Crippen LogP contribution in [0.4, 0.5) is 0 Å². The minimum absolute atomic E-state index is 0.272. The number of ether oxygens (including phenoxy) is 1. The van der Waals surface area contributed by atoms with Crippen LogP contribution in [0.1, 0.15) is 19.8 Å². The highest BCUT2D eigenvalue weighted by molar-refractivity contribution is 9.09. The second kappa shape index (κ2) is 2.36. The van der Waals surface area contributed by atoms with E-state index in [4.69, 9.17) is 4.74 Å². The average Bonchev–Trinajstić information content (AvgIpc) is 2.45. The molecular formula is C6H11BrO. The fourth-order valence-corrected chi connectivity index (χ4v) is 0.989. The lowest BCUT2D eigenvalue weighted by atomic mass is 10.1. The minimum Gasteiger partial charge on any atom is -0.370 e. The summed E-state index contributed by atoms with van der Waals surface area (Å²) in [4.78, 5) is 0. The van der Waals surface area contributed by atoms with Gasteiger partial charge in [-0.2, -0.15) is 0 Å². The minimum atomic E-state index is 0.272. The number of epoxide rings is 1. The van der Waals surface area contributed by atoms with Gasteiger partial charge in [0.05, 0.1) is 12.2 Å². The van der Waals surface area contributed by atoms with Crippen LogP contribution in [0.3, 0.4) is 0 Å². The molecule has 1 aliphatic heterocycles. The van der Waals surface area contributed by atoms with Gasteiger partial charge in [0.2, 0.25) is 0 Å². The molecule has 1 rings (SSSR count). The van der Waals surface area contributed by atoms with E-state index in [2.05, 4.69) is 22.9 Å². The number of alkyl halides is 1. The number of hydrogen-bond acceptors (Lipinski definition) is 1. The standard InChI is InChI=1S/C6H11BrO/c1-6(5-8-6)3-2-4-7/h2-5H2,1H3/t6-/m0/s1. The van der Waals surface area contributed by atoms with Crippen LogP contribution < -0.4 is 0 Å². The number of hydrogen-bond donors (Lipinski definition) is 0. The Bertz CT molecular complexity index is 78.6. The van der Waals surface area contributed by atoms with Crippen LogP contribution in [-0.4, -0.2) is 17.5 Å². The molecule has 48 valence electrons. The molecule has 8 heavy (non-hydrogen) atoms. The van der Waals surface area contributed by atoms with Crippen molar-refractivity contribution >= 4 is 15.9 Å². The van der Waals surface area contributed by atoms with Gasteiger partial charge >= 0.3 is 0 Å². The van der Waals surface area contributed by atoms with E-state index in [1.54, 1.807) is 0 Å². The topological polar surface area (TPSA) is 12.5 Å². The van der Waals surface area contributed by atoms with E-state index in [1.165, 1.54) is 12.8 Å². The summed E-state index contributed by atoms with van der Waals surface area (Å²) in [5.74, 6) is 0. The van der Waals surface area contributed by atoms with E-state index in [0.717, 1.165) is 11.9 Å². The Morgan fingerprint density at radius 2 is 2.38 bits per heavy atom. The first-order valence-corrected chi connectivity index (χ1v) is 4.09. The zero-order chi connectivity index (χ0) is 6.04. The van der Waals surface area contributed by atoms with Gasteiger partial charge in [0, 0.05) is 5.33 Å². The molecule has 1 nitrogen and oxygen atoms in total. The second-order valence-electron chi connectivity index (χ2n) is 2.53. The lowest BCUT2D eigenvalue weighted by molar-refractivity contribution is 0.308. The smallest absolute Gasteiger partial charge is 0.0888 e. The van der Waals surface area contributed by atoms with Crippen molar-refractivity contribution in [2.45, 2.75) is 25.4 Å². The summed E-state index contributed by atoms with van der Waals surface area (Å²) >= 11 is 3.37. The molecule has 0 aromatic carbocycles. The molecular weight excluding hydrogens is 168 g/mol. The van der Waals surface area contributed by atoms with E-state index in [1.807, 2.05) is 0 Å². The quantitative estimate of drug-likeness (QED) is 0.476. The fraction of sp³-hybridized carbons (Fsp3) is 1.00. The molecule has 1 fully saturated rings. The van der Waals surface area contributed by atoms with Gasteiger partial charge in [0.15, 0.2) is 0 Å². The third-order valence-corrected chi connectivity index (χ3v) is 2.04. The molecule has 1 saturated heterocycles. The van der Waals surface area contributed by atoms with Gasteiger partial charge in [-0.25, -0.2) is 0 Å².